The number of para-hydroxylation sites is 1. The van der Waals surface area contributed by atoms with Crippen molar-refractivity contribution in [1.82, 2.24) is 19.7 Å². The van der Waals surface area contributed by atoms with Crippen LogP contribution in [0.3, 0.4) is 0 Å². The number of thiazole rings is 1. The summed E-state index contributed by atoms with van der Waals surface area (Å²) in [6, 6.07) is 6.49. The first-order valence-corrected chi connectivity index (χ1v) is 11.4. The number of ether oxygens (including phenoxy) is 2. The summed E-state index contributed by atoms with van der Waals surface area (Å²) < 4.78 is 13.4. The van der Waals surface area contributed by atoms with E-state index < -0.39 is 0 Å². The maximum Gasteiger partial charge on any atom is 0.191 e. The number of nitrogens with zero attached hydrogens (tertiary/aromatic N) is 4. The third-order valence-corrected chi connectivity index (χ3v) is 6.98. The van der Waals surface area contributed by atoms with Crippen molar-refractivity contribution >= 4 is 23.1 Å². The molecule has 0 amide bonds. The van der Waals surface area contributed by atoms with Crippen molar-refractivity contribution in [2.45, 2.75) is 48.6 Å². The number of hydrogen-bond acceptors (Lipinski definition) is 7. The zero-order chi connectivity index (χ0) is 19.1. The molecule has 0 aliphatic heterocycles. The maximum absolute atomic E-state index is 5.56. The van der Waals surface area contributed by atoms with Gasteiger partial charge in [0.2, 0.25) is 0 Å². The molecule has 2 fully saturated rings. The van der Waals surface area contributed by atoms with Crippen LogP contribution in [0.5, 0.6) is 11.5 Å². The molecule has 1 aromatic carbocycles. The summed E-state index contributed by atoms with van der Waals surface area (Å²) >= 11 is 3.36. The fraction of sp³-hybridized carbons (Fsp3) is 0.450. The van der Waals surface area contributed by atoms with E-state index in [4.69, 9.17) is 14.5 Å². The lowest BCUT2D eigenvalue weighted by molar-refractivity contribution is 0.356. The van der Waals surface area contributed by atoms with Crippen molar-refractivity contribution < 1.29 is 9.47 Å². The topological polar surface area (TPSA) is 62.1 Å². The summed E-state index contributed by atoms with van der Waals surface area (Å²) in [6.45, 7) is 0. The van der Waals surface area contributed by atoms with Gasteiger partial charge in [-0.2, -0.15) is 0 Å². The summed E-state index contributed by atoms with van der Waals surface area (Å²) in [5.41, 5.74) is 2.01. The van der Waals surface area contributed by atoms with E-state index in [-0.39, 0.29) is 0 Å². The molecular weight excluding hydrogens is 392 g/mol. The highest BCUT2D eigenvalue weighted by Crippen LogP contribution is 2.46. The van der Waals surface area contributed by atoms with Gasteiger partial charge >= 0.3 is 0 Å². The molecule has 5 rings (SSSR count). The molecule has 2 aliphatic rings. The summed E-state index contributed by atoms with van der Waals surface area (Å²) in [7, 11) is 3.31. The van der Waals surface area contributed by atoms with Gasteiger partial charge in [0, 0.05) is 23.1 Å². The van der Waals surface area contributed by atoms with Crippen molar-refractivity contribution in [1.29, 1.82) is 0 Å². The van der Waals surface area contributed by atoms with E-state index in [2.05, 4.69) is 20.1 Å². The predicted octanol–water partition coefficient (Wildman–Crippen LogP) is 4.92. The van der Waals surface area contributed by atoms with Crippen molar-refractivity contribution in [3.8, 4) is 22.1 Å². The molecule has 2 aliphatic carbocycles. The Bertz CT molecular complexity index is 992. The average Bonchev–Trinajstić information content (AvgIpc) is 3.66. The van der Waals surface area contributed by atoms with Gasteiger partial charge in [0.05, 0.1) is 25.5 Å². The molecule has 2 saturated carbocycles. The quantitative estimate of drug-likeness (QED) is 0.487. The van der Waals surface area contributed by atoms with E-state index in [1.165, 1.54) is 31.5 Å². The summed E-state index contributed by atoms with van der Waals surface area (Å²) in [6.07, 6.45) is 5.02. The first kappa shape index (κ1) is 18.0. The lowest BCUT2D eigenvalue weighted by Gasteiger charge is -2.10. The lowest BCUT2D eigenvalue weighted by Crippen LogP contribution is -2.02. The van der Waals surface area contributed by atoms with E-state index in [1.54, 1.807) is 37.3 Å². The number of thioether (sulfide) groups is 1. The van der Waals surface area contributed by atoms with Crippen molar-refractivity contribution in [2.24, 2.45) is 0 Å². The van der Waals surface area contributed by atoms with Crippen LogP contribution in [-0.4, -0.2) is 34.0 Å². The van der Waals surface area contributed by atoms with E-state index in [9.17, 15) is 0 Å². The molecule has 2 aromatic heterocycles. The smallest absolute Gasteiger partial charge is 0.191 e. The van der Waals surface area contributed by atoms with Gasteiger partial charge in [-0.05, 0) is 37.8 Å². The third-order valence-electron chi connectivity index (χ3n) is 5.08. The van der Waals surface area contributed by atoms with Crippen LogP contribution < -0.4 is 9.47 Å². The zero-order valence-corrected chi connectivity index (χ0v) is 17.6. The third kappa shape index (κ3) is 3.39. The predicted molar refractivity (Wildman–Crippen MR) is 110 cm³/mol. The SMILES string of the molecule is COc1cccc(-c2nc(CSc3nnc(C4CC4)n3C3CC3)cs2)c1OC. The Hall–Kier alpha value is -2.06. The van der Waals surface area contributed by atoms with Gasteiger partial charge in [-0.25, -0.2) is 4.98 Å². The number of methoxy groups -OCH3 is 2. The highest BCUT2D eigenvalue weighted by molar-refractivity contribution is 7.98. The number of benzene rings is 1. The van der Waals surface area contributed by atoms with Crippen LogP contribution in [0.4, 0.5) is 0 Å². The monoisotopic (exact) mass is 414 g/mol. The van der Waals surface area contributed by atoms with E-state index >= 15 is 0 Å². The molecule has 0 spiro atoms. The van der Waals surface area contributed by atoms with E-state index in [0.717, 1.165) is 38.7 Å². The van der Waals surface area contributed by atoms with E-state index in [0.29, 0.717) is 12.0 Å². The molecule has 0 N–H and O–H groups in total. The van der Waals surface area contributed by atoms with Crippen LogP contribution in [0.15, 0.2) is 28.7 Å². The Morgan fingerprint density at radius 1 is 1.14 bits per heavy atom. The van der Waals surface area contributed by atoms with Gasteiger partial charge in [0.25, 0.3) is 0 Å². The molecule has 0 radical (unpaired) electrons. The van der Waals surface area contributed by atoms with Crippen LogP contribution >= 0.6 is 23.1 Å². The van der Waals surface area contributed by atoms with Crippen LogP contribution in [0.2, 0.25) is 0 Å². The van der Waals surface area contributed by atoms with Gasteiger partial charge in [-0.3, -0.25) is 0 Å². The van der Waals surface area contributed by atoms with Crippen molar-refractivity contribution in [2.75, 3.05) is 14.2 Å². The van der Waals surface area contributed by atoms with Crippen molar-refractivity contribution in [3.05, 3.63) is 35.1 Å². The second kappa shape index (κ2) is 7.40. The number of hydrogen-bond donors (Lipinski definition) is 0. The van der Waals surface area contributed by atoms with E-state index in [1.807, 2.05) is 18.2 Å². The molecule has 146 valence electrons. The zero-order valence-electron chi connectivity index (χ0n) is 15.9. The van der Waals surface area contributed by atoms with Gasteiger partial charge < -0.3 is 14.0 Å². The molecule has 8 heteroatoms. The van der Waals surface area contributed by atoms with Gasteiger partial charge in [-0.15, -0.1) is 21.5 Å². The average molecular weight is 415 g/mol. The Kier molecular flexibility index (Phi) is 4.76. The molecule has 28 heavy (non-hydrogen) atoms. The molecule has 6 nitrogen and oxygen atoms in total. The standard InChI is InChI=1S/C20H22N4O2S2/c1-25-16-5-3-4-15(17(16)26-2)19-21-13(10-27-19)11-28-20-23-22-18(12-6-7-12)24(20)14-8-9-14/h3-5,10,12,14H,6-9,11H2,1-2H3. The minimum Gasteiger partial charge on any atom is -0.493 e. The highest BCUT2D eigenvalue weighted by atomic mass is 32.2. The molecule has 2 heterocycles. The van der Waals surface area contributed by atoms with Crippen LogP contribution in [0.25, 0.3) is 10.6 Å². The van der Waals surface area contributed by atoms with Gasteiger partial charge in [0.15, 0.2) is 16.7 Å². The van der Waals surface area contributed by atoms with Crippen LogP contribution in [0, 0.1) is 0 Å². The Balaban J connectivity index is 1.34. The minimum atomic E-state index is 0.611. The Morgan fingerprint density at radius 2 is 2.00 bits per heavy atom. The summed E-state index contributed by atoms with van der Waals surface area (Å²) in [5, 5.41) is 13.1. The van der Waals surface area contributed by atoms with Gasteiger partial charge in [-0.1, -0.05) is 17.8 Å². The van der Waals surface area contributed by atoms with Gasteiger partial charge in [0.1, 0.15) is 10.8 Å². The normalized spacial score (nSPS) is 16.4. The Morgan fingerprint density at radius 3 is 2.71 bits per heavy atom. The number of aromatic nitrogens is 4. The number of rotatable bonds is 8. The first-order valence-electron chi connectivity index (χ1n) is 9.52. The molecule has 0 bridgehead atoms. The summed E-state index contributed by atoms with van der Waals surface area (Å²) in [5.74, 6) is 4.06. The van der Waals surface area contributed by atoms with Crippen molar-refractivity contribution in [3.63, 3.8) is 0 Å². The fourth-order valence-electron chi connectivity index (χ4n) is 3.37. The molecule has 3 aromatic rings. The lowest BCUT2D eigenvalue weighted by atomic mass is 10.2. The molecule has 0 saturated heterocycles. The second-order valence-corrected chi connectivity index (χ2v) is 8.99. The maximum atomic E-state index is 5.56. The van der Waals surface area contributed by atoms with Crippen LogP contribution in [-0.2, 0) is 5.75 Å². The minimum absolute atomic E-state index is 0.611. The second-order valence-electron chi connectivity index (χ2n) is 7.19. The first-order chi connectivity index (χ1) is 13.8. The molecule has 0 unspecified atom stereocenters. The molecule has 0 atom stereocenters. The van der Waals surface area contributed by atoms with Crippen LogP contribution in [0.1, 0.15) is 49.2 Å². The highest BCUT2D eigenvalue weighted by Gasteiger charge is 2.36. The largest absolute Gasteiger partial charge is 0.493 e. The molecular formula is C20H22N4O2S2. The fourth-order valence-corrected chi connectivity index (χ4v) is 5.23. The Labute approximate surface area is 172 Å². The summed E-state index contributed by atoms with van der Waals surface area (Å²) in [4.78, 5) is 4.83.